The average molecular weight is 271 g/mol. The lowest BCUT2D eigenvalue weighted by atomic mass is 10.1. The normalized spacial score (nSPS) is 11.0. The molecule has 0 fully saturated rings. The van der Waals surface area contributed by atoms with Gasteiger partial charge in [-0.25, -0.2) is 4.39 Å². The second-order valence-corrected chi connectivity index (χ2v) is 5.40. The lowest BCUT2D eigenvalue weighted by Gasteiger charge is -2.04. The van der Waals surface area contributed by atoms with Gasteiger partial charge in [0.2, 0.25) is 0 Å². The first kappa shape index (κ1) is 12.3. The molecule has 2 aromatic carbocycles. The van der Waals surface area contributed by atoms with Gasteiger partial charge in [-0.1, -0.05) is 30.3 Å². The zero-order valence-electron chi connectivity index (χ0n) is 10.4. The van der Waals surface area contributed by atoms with E-state index in [0.717, 1.165) is 18.7 Å². The predicted octanol–water partition coefficient (Wildman–Crippen LogP) is 4.33. The van der Waals surface area contributed by atoms with Crippen molar-refractivity contribution >= 4 is 21.4 Å². The van der Waals surface area contributed by atoms with Crippen LogP contribution in [0.25, 0.3) is 10.1 Å². The van der Waals surface area contributed by atoms with Crippen molar-refractivity contribution in [3.05, 3.63) is 70.9 Å². The summed E-state index contributed by atoms with van der Waals surface area (Å²) in [5.74, 6) is -0.187. The number of halogens is 1. The smallest absolute Gasteiger partial charge is 0.123 e. The van der Waals surface area contributed by atoms with Crippen LogP contribution in [0.5, 0.6) is 0 Å². The molecule has 0 spiro atoms. The molecule has 0 radical (unpaired) electrons. The van der Waals surface area contributed by atoms with Gasteiger partial charge in [0.1, 0.15) is 5.82 Å². The third-order valence-electron chi connectivity index (χ3n) is 3.12. The first-order chi connectivity index (χ1) is 9.33. The van der Waals surface area contributed by atoms with Crippen LogP contribution < -0.4 is 5.32 Å². The minimum Gasteiger partial charge on any atom is -0.309 e. The summed E-state index contributed by atoms with van der Waals surface area (Å²) in [5, 5.41) is 6.92. The topological polar surface area (TPSA) is 12.0 Å². The number of hydrogen-bond acceptors (Lipinski definition) is 2. The number of fused-ring (bicyclic) bond motifs is 1. The van der Waals surface area contributed by atoms with Crippen molar-refractivity contribution in [3.63, 3.8) is 0 Å². The van der Waals surface area contributed by atoms with Crippen molar-refractivity contribution < 1.29 is 4.39 Å². The molecule has 3 aromatic rings. The molecule has 0 aliphatic heterocycles. The van der Waals surface area contributed by atoms with Crippen LogP contribution in [0.4, 0.5) is 4.39 Å². The predicted molar refractivity (Wildman–Crippen MR) is 78.8 cm³/mol. The number of nitrogens with one attached hydrogen (secondary N) is 1. The van der Waals surface area contributed by atoms with Crippen LogP contribution in [0.3, 0.4) is 0 Å². The lowest BCUT2D eigenvalue weighted by Crippen LogP contribution is -2.12. The molecule has 1 heterocycles. The minimum atomic E-state index is -0.187. The molecular formula is C16H14FNS. The van der Waals surface area contributed by atoms with Crippen molar-refractivity contribution in [2.75, 3.05) is 0 Å². The zero-order chi connectivity index (χ0) is 13.1. The van der Waals surface area contributed by atoms with E-state index in [1.54, 1.807) is 11.3 Å². The van der Waals surface area contributed by atoms with Crippen molar-refractivity contribution in [2.24, 2.45) is 0 Å². The number of hydrogen-bond donors (Lipinski definition) is 1. The molecule has 3 rings (SSSR count). The Bertz CT molecular complexity index is 673. The molecular weight excluding hydrogens is 257 g/mol. The van der Waals surface area contributed by atoms with Crippen molar-refractivity contribution in [1.82, 2.24) is 5.32 Å². The van der Waals surface area contributed by atoms with Crippen molar-refractivity contribution in [3.8, 4) is 0 Å². The molecule has 0 saturated carbocycles. The van der Waals surface area contributed by atoms with Gasteiger partial charge in [-0.3, -0.25) is 0 Å². The molecule has 1 nitrogen and oxygen atoms in total. The summed E-state index contributed by atoms with van der Waals surface area (Å²) >= 11 is 1.77. The van der Waals surface area contributed by atoms with Crippen LogP contribution in [0.1, 0.15) is 11.1 Å². The first-order valence-electron chi connectivity index (χ1n) is 6.23. The Morgan fingerprint density at radius 3 is 2.58 bits per heavy atom. The summed E-state index contributed by atoms with van der Waals surface area (Å²) in [6.07, 6.45) is 0. The van der Waals surface area contributed by atoms with E-state index in [1.807, 2.05) is 12.1 Å². The Labute approximate surface area is 115 Å². The maximum absolute atomic E-state index is 12.8. The van der Waals surface area contributed by atoms with Gasteiger partial charge in [0.25, 0.3) is 0 Å². The molecule has 3 heteroatoms. The number of rotatable bonds is 4. The van der Waals surface area contributed by atoms with Crippen LogP contribution in [-0.4, -0.2) is 0 Å². The van der Waals surface area contributed by atoms with E-state index in [2.05, 4.69) is 35.0 Å². The molecule has 0 atom stereocenters. The fourth-order valence-electron chi connectivity index (χ4n) is 2.11. The molecule has 0 aliphatic rings. The number of benzene rings is 2. The summed E-state index contributed by atoms with van der Waals surface area (Å²) in [5.41, 5.74) is 2.42. The minimum absolute atomic E-state index is 0.187. The maximum atomic E-state index is 12.8. The van der Waals surface area contributed by atoms with E-state index >= 15 is 0 Å². The SMILES string of the molecule is Fc1ccc(CNCc2csc3ccccc23)cc1. The third-order valence-corrected chi connectivity index (χ3v) is 4.13. The van der Waals surface area contributed by atoms with Crippen molar-refractivity contribution in [1.29, 1.82) is 0 Å². The monoisotopic (exact) mass is 271 g/mol. The van der Waals surface area contributed by atoms with E-state index in [0.29, 0.717) is 0 Å². The lowest BCUT2D eigenvalue weighted by molar-refractivity contribution is 0.625. The van der Waals surface area contributed by atoms with Gasteiger partial charge in [0.15, 0.2) is 0 Å². The van der Waals surface area contributed by atoms with Gasteiger partial charge in [0.05, 0.1) is 0 Å². The van der Waals surface area contributed by atoms with Crippen LogP contribution in [0.15, 0.2) is 53.9 Å². The van der Waals surface area contributed by atoms with Gasteiger partial charge in [-0.05, 0) is 40.1 Å². The Kier molecular flexibility index (Phi) is 3.58. The summed E-state index contributed by atoms with van der Waals surface area (Å²) < 4.78 is 14.1. The Balaban J connectivity index is 1.65. The molecule has 19 heavy (non-hydrogen) atoms. The van der Waals surface area contributed by atoms with Gasteiger partial charge in [0, 0.05) is 17.8 Å². The summed E-state index contributed by atoms with van der Waals surface area (Å²) in [6.45, 7) is 1.59. The maximum Gasteiger partial charge on any atom is 0.123 e. The second kappa shape index (κ2) is 5.51. The second-order valence-electron chi connectivity index (χ2n) is 4.49. The van der Waals surface area contributed by atoms with E-state index in [-0.39, 0.29) is 5.82 Å². The number of thiophene rings is 1. The molecule has 0 bridgehead atoms. The highest BCUT2D eigenvalue weighted by atomic mass is 32.1. The highest BCUT2D eigenvalue weighted by molar-refractivity contribution is 7.17. The summed E-state index contributed by atoms with van der Waals surface area (Å²) in [6, 6.07) is 15.0. The molecule has 0 amide bonds. The highest BCUT2D eigenvalue weighted by Crippen LogP contribution is 2.25. The molecule has 96 valence electrons. The zero-order valence-corrected chi connectivity index (χ0v) is 11.2. The van der Waals surface area contributed by atoms with E-state index in [1.165, 1.54) is 27.8 Å². The van der Waals surface area contributed by atoms with Crippen molar-refractivity contribution in [2.45, 2.75) is 13.1 Å². The van der Waals surface area contributed by atoms with E-state index in [9.17, 15) is 4.39 Å². The largest absolute Gasteiger partial charge is 0.309 e. The fraction of sp³-hybridized carbons (Fsp3) is 0.125. The Morgan fingerprint density at radius 2 is 1.74 bits per heavy atom. The van der Waals surface area contributed by atoms with E-state index in [4.69, 9.17) is 0 Å². The van der Waals surface area contributed by atoms with Gasteiger partial charge >= 0.3 is 0 Å². The van der Waals surface area contributed by atoms with Crippen LogP contribution in [-0.2, 0) is 13.1 Å². The average Bonchev–Trinajstić information content (AvgIpc) is 2.85. The Hall–Kier alpha value is -1.71. The third kappa shape index (κ3) is 2.83. The molecule has 0 unspecified atom stereocenters. The van der Waals surface area contributed by atoms with Gasteiger partial charge < -0.3 is 5.32 Å². The fourth-order valence-corrected chi connectivity index (χ4v) is 3.08. The van der Waals surface area contributed by atoms with Crippen LogP contribution in [0.2, 0.25) is 0 Å². The first-order valence-corrected chi connectivity index (χ1v) is 7.11. The van der Waals surface area contributed by atoms with Crippen LogP contribution in [0, 0.1) is 5.82 Å². The molecule has 1 N–H and O–H groups in total. The quantitative estimate of drug-likeness (QED) is 0.744. The van der Waals surface area contributed by atoms with E-state index < -0.39 is 0 Å². The van der Waals surface area contributed by atoms with Crippen LogP contribution >= 0.6 is 11.3 Å². The highest BCUT2D eigenvalue weighted by Gasteiger charge is 2.02. The van der Waals surface area contributed by atoms with Gasteiger partial charge in [-0.2, -0.15) is 0 Å². The molecule has 1 aromatic heterocycles. The molecule has 0 aliphatic carbocycles. The standard InChI is InChI=1S/C16H14FNS/c17-14-7-5-12(6-8-14)9-18-10-13-11-19-16-4-2-1-3-15(13)16/h1-8,11,18H,9-10H2. The summed E-state index contributed by atoms with van der Waals surface area (Å²) in [4.78, 5) is 0. The summed E-state index contributed by atoms with van der Waals surface area (Å²) in [7, 11) is 0. The van der Waals surface area contributed by atoms with Gasteiger partial charge in [-0.15, -0.1) is 11.3 Å². The Morgan fingerprint density at radius 1 is 0.947 bits per heavy atom. The molecule has 0 saturated heterocycles.